The molecule has 1 heterocycles. The maximum atomic E-state index is 12.0. The second-order valence-electron chi connectivity index (χ2n) is 4.66. The van der Waals surface area contributed by atoms with Crippen LogP contribution in [0.3, 0.4) is 0 Å². The van der Waals surface area contributed by atoms with Crippen LogP contribution in [0.15, 0.2) is 65.7 Å². The van der Waals surface area contributed by atoms with Crippen molar-refractivity contribution in [3.8, 4) is 0 Å². The van der Waals surface area contributed by atoms with Crippen LogP contribution in [0.2, 0.25) is 0 Å². The van der Waals surface area contributed by atoms with E-state index in [1.54, 1.807) is 0 Å². The number of anilines is 1. The van der Waals surface area contributed by atoms with Crippen LogP contribution in [0.4, 0.5) is 5.69 Å². The Kier molecular flexibility index (Phi) is 4.94. The molecule has 3 aromatic rings. The number of carbonyl (C=O) groups is 1. The van der Waals surface area contributed by atoms with E-state index in [9.17, 15) is 4.79 Å². The number of halogens is 1. The van der Waals surface area contributed by atoms with Gasteiger partial charge in [-0.3, -0.25) is 4.79 Å². The Labute approximate surface area is 146 Å². The summed E-state index contributed by atoms with van der Waals surface area (Å²) < 4.78 is 1.03. The topological polar surface area (TPSA) is 42.0 Å². The van der Waals surface area contributed by atoms with Crippen LogP contribution >= 0.6 is 34.4 Å². The molecule has 0 aliphatic carbocycles. The molecule has 0 aliphatic heterocycles. The van der Waals surface area contributed by atoms with Gasteiger partial charge in [0.05, 0.1) is 22.0 Å². The Morgan fingerprint density at radius 1 is 1.05 bits per heavy atom. The smallest absolute Gasteiger partial charge is 0.234 e. The van der Waals surface area contributed by atoms with Crippen molar-refractivity contribution < 1.29 is 4.79 Å². The van der Waals surface area contributed by atoms with E-state index in [1.807, 2.05) is 60.7 Å². The highest BCUT2D eigenvalue weighted by atomic mass is 127. The summed E-state index contributed by atoms with van der Waals surface area (Å²) >= 11 is 3.65. The SMILES string of the molecule is O=C(CSc1ccc2ccccc2n1)Nc1ccccc1I. The zero-order valence-corrected chi connectivity index (χ0v) is 14.6. The molecule has 0 spiro atoms. The Hall–Kier alpha value is -1.60. The lowest BCUT2D eigenvalue weighted by atomic mass is 10.2. The maximum Gasteiger partial charge on any atom is 0.234 e. The number of nitrogens with zero attached hydrogens (tertiary/aromatic N) is 1. The second-order valence-corrected chi connectivity index (χ2v) is 6.82. The fourth-order valence-corrected chi connectivity index (χ4v) is 3.22. The van der Waals surface area contributed by atoms with E-state index in [0.717, 1.165) is 25.2 Å². The van der Waals surface area contributed by atoms with E-state index < -0.39 is 0 Å². The second kappa shape index (κ2) is 7.11. The molecule has 0 bridgehead atoms. The van der Waals surface area contributed by atoms with Crippen LogP contribution < -0.4 is 5.32 Å². The van der Waals surface area contributed by atoms with Crippen molar-refractivity contribution in [2.24, 2.45) is 0 Å². The van der Waals surface area contributed by atoms with Crippen molar-refractivity contribution in [3.63, 3.8) is 0 Å². The molecule has 3 nitrogen and oxygen atoms in total. The molecule has 0 radical (unpaired) electrons. The van der Waals surface area contributed by atoms with Gasteiger partial charge in [-0.25, -0.2) is 4.98 Å². The molecule has 110 valence electrons. The number of hydrogen-bond donors (Lipinski definition) is 1. The Balaban J connectivity index is 1.63. The van der Waals surface area contributed by atoms with E-state index in [-0.39, 0.29) is 5.91 Å². The third-order valence-electron chi connectivity index (χ3n) is 3.07. The molecule has 2 aromatic carbocycles. The number of para-hydroxylation sites is 2. The maximum absolute atomic E-state index is 12.0. The molecule has 0 unspecified atom stereocenters. The first-order valence-electron chi connectivity index (χ1n) is 6.75. The van der Waals surface area contributed by atoms with Crippen LogP contribution in [0.25, 0.3) is 10.9 Å². The summed E-state index contributed by atoms with van der Waals surface area (Å²) in [4.78, 5) is 16.6. The molecular weight excluding hydrogens is 407 g/mol. The molecule has 0 aliphatic rings. The van der Waals surface area contributed by atoms with Crippen LogP contribution in [0.5, 0.6) is 0 Å². The standard InChI is InChI=1S/C17H13IN2OS/c18-13-6-2-4-8-15(13)19-16(21)11-22-17-10-9-12-5-1-3-7-14(12)20-17/h1-10H,11H2,(H,19,21). The van der Waals surface area contributed by atoms with Gasteiger partial charge in [0, 0.05) is 8.96 Å². The zero-order valence-electron chi connectivity index (χ0n) is 11.6. The molecule has 0 fully saturated rings. The van der Waals surface area contributed by atoms with Gasteiger partial charge < -0.3 is 5.32 Å². The van der Waals surface area contributed by atoms with E-state index in [4.69, 9.17) is 0 Å². The number of thioether (sulfide) groups is 1. The van der Waals surface area contributed by atoms with Crippen molar-refractivity contribution in [2.45, 2.75) is 5.03 Å². The number of amides is 1. The Bertz CT molecular complexity index is 822. The monoisotopic (exact) mass is 420 g/mol. The highest BCUT2D eigenvalue weighted by molar-refractivity contribution is 14.1. The van der Waals surface area contributed by atoms with Gasteiger partial charge >= 0.3 is 0 Å². The third-order valence-corrected chi connectivity index (χ3v) is 4.94. The number of fused-ring (bicyclic) bond motifs is 1. The Morgan fingerprint density at radius 2 is 1.82 bits per heavy atom. The summed E-state index contributed by atoms with van der Waals surface area (Å²) in [7, 11) is 0. The van der Waals surface area contributed by atoms with Crippen molar-refractivity contribution in [1.82, 2.24) is 4.98 Å². The summed E-state index contributed by atoms with van der Waals surface area (Å²) in [6, 6.07) is 19.7. The van der Waals surface area contributed by atoms with E-state index in [1.165, 1.54) is 11.8 Å². The number of pyridine rings is 1. The average molecular weight is 420 g/mol. The van der Waals surface area contributed by atoms with E-state index >= 15 is 0 Å². The molecule has 1 N–H and O–H groups in total. The van der Waals surface area contributed by atoms with Crippen molar-refractivity contribution in [2.75, 3.05) is 11.1 Å². The zero-order chi connectivity index (χ0) is 15.4. The highest BCUT2D eigenvalue weighted by Crippen LogP contribution is 2.21. The van der Waals surface area contributed by atoms with Crippen LogP contribution in [-0.4, -0.2) is 16.6 Å². The first-order valence-corrected chi connectivity index (χ1v) is 8.82. The number of aromatic nitrogens is 1. The minimum absolute atomic E-state index is 0.0240. The predicted molar refractivity (Wildman–Crippen MR) is 100 cm³/mol. The summed E-state index contributed by atoms with van der Waals surface area (Å²) in [5.41, 5.74) is 1.80. The van der Waals surface area contributed by atoms with E-state index in [0.29, 0.717) is 5.75 Å². The third kappa shape index (κ3) is 3.78. The molecule has 0 atom stereocenters. The first-order chi connectivity index (χ1) is 10.7. The molecule has 1 amide bonds. The van der Waals surface area contributed by atoms with Crippen molar-refractivity contribution in [1.29, 1.82) is 0 Å². The van der Waals surface area contributed by atoms with Gasteiger partial charge in [-0.05, 0) is 46.9 Å². The lowest BCUT2D eigenvalue weighted by molar-refractivity contribution is -0.113. The number of hydrogen-bond acceptors (Lipinski definition) is 3. The molecule has 5 heteroatoms. The molecule has 22 heavy (non-hydrogen) atoms. The number of carbonyl (C=O) groups excluding carboxylic acids is 1. The van der Waals surface area contributed by atoms with Gasteiger partial charge in [0.25, 0.3) is 0 Å². The molecule has 1 aromatic heterocycles. The van der Waals surface area contributed by atoms with Gasteiger partial charge in [0.2, 0.25) is 5.91 Å². The lowest BCUT2D eigenvalue weighted by Crippen LogP contribution is -2.14. The lowest BCUT2D eigenvalue weighted by Gasteiger charge is -2.07. The minimum Gasteiger partial charge on any atom is -0.324 e. The van der Waals surface area contributed by atoms with Gasteiger partial charge in [0.1, 0.15) is 0 Å². The number of rotatable bonds is 4. The molecule has 3 rings (SSSR count). The quantitative estimate of drug-likeness (QED) is 0.497. The minimum atomic E-state index is -0.0240. The summed E-state index contributed by atoms with van der Waals surface area (Å²) in [6.07, 6.45) is 0. The van der Waals surface area contributed by atoms with E-state index in [2.05, 4.69) is 32.9 Å². The molecule has 0 saturated carbocycles. The number of nitrogens with one attached hydrogen (secondary N) is 1. The van der Waals surface area contributed by atoms with Gasteiger partial charge in [-0.2, -0.15) is 0 Å². The fraction of sp³-hybridized carbons (Fsp3) is 0.0588. The Morgan fingerprint density at radius 3 is 2.68 bits per heavy atom. The van der Waals surface area contributed by atoms with Crippen LogP contribution in [-0.2, 0) is 4.79 Å². The summed E-state index contributed by atoms with van der Waals surface area (Å²) in [6.45, 7) is 0. The largest absolute Gasteiger partial charge is 0.324 e. The number of benzene rings is 2. The fourth-order valence-electron chi connectivity index (χ4n) is 2.02. The molecular formula is C17H13IN2OS. The van der Waals surface area contributed by atoms with Crippen LogP contribution in [0.1, 0.15) is 0 Å². The molecule has 0 saturated heterocycles. The van der Waals surface area contributed by atoms with Gasteiger partial charge in [-0.15, -0.1) is 0 Å². The predicted octanol–water partition coefficient (Wildman–Crippen LogP) is 4.57. The van der Waals surface area contributed by atoms with Crippen molar-refractivity contribution in [3.05, 3.63) is 64.2 Å². The van der Waals surface area contributed by atoms with Gasteiger partial charge in [-0.1, -0.05) is 48.2 Å². The summed E-state index contributed by atoms with van der Waals surface area (Å²) in [5, 5.41) is 4.89. The van der Waals surface area contributed by atoms with Crippen molar-refractivity contribution >= 4 is 56.9 Å². The normalized spacial score (nSPS) is 10.6. The highest BCUT2D eigenvalue weighted by Gasteiger charge is 2.07. The average Bonchev–Trinajstić information content (AvgIpc) is 2.55. The van der Waals surface area contributed by atoms with Crippen LogP contribution in [0, 0.1) is 3.57 Å². The first kappa shape index (κ1) is 15.3. The van der Waals surface area contributed by atoms with Gasteiger partial charge in [0.15, 0.2) is 0 Å². The summed E-state index contributed by atoms with van der Waals surface area (Å²) in [5.74, 6) is 0.320.